The van der Waals surface area contributed by atoms with Crippen molar-refractivity contribution < 1.29 is 17.9 Å². The van der Waals surface area contributed by atoms with E-state index in [1.54, 1.807) is 24.3 Å². The summed E-state index contributed by atoms with van der Waals surface area (Å²) < 4.78 is 33.0. The first kappa shape index (κ1) is 22.3. The van der Waals surface area contributed by atoms with Gasteiger partial charge in [0.15, 0.2) is 6.10 Å². The number of amides is 1. The first-order chi connectivity index (χ1) is 14.3. The summed E-state index contributed by atoms with van der Waals surface area (Å²) in [4.78, 5) is 13.0. The summed E-state index contributed by atoms with van der Waals surface area (Å²) in [5.74, 6) is 0.435. The molecule has 1 aliphatic heterocycles. The average molecular weight is 431 g/mol. The molecule has 1 heterocycles. The fraction of sp³-hybridized carbons (Fsp3) is 0.435. The normalized spacial score (nSPS) is 16.1. The molecule has 0 saturated carbocycles. The van der Waals surface area contributed by atoms with E-state index in [1.165, 1.54) is 4.31 Å². The molecule has 2 aromatic carbocycles. The lowest BCUT2D eigenvalue weighted by atomic mass is 10.1. The van der Waals surface area contributed by atoms with E-state index in [-0.39, 0.29) is 10.8 Å². The Bertz CT molecular complexity index is 981. The number of hydrogen-bond acceptors (Lipinski definition) is 4. The van der Waals surface area contributed by atoms with Crippen LogP contribution in [0.4, 0.5) is 5.69 Å². The van der Waals surface area contributed by atoms with Gasteiger partial charge < -0.3 is 10.1 Å². The Morgan fingerprint density at radius 2 is 1.73 bits per heavy atom. The summed E-state index contributed by atoms with van der Waals surface area (Å²) in [7, 11) is -3.48. The van der Waals surface area contributed by atoms with E-state index < -0.39 is 16.1 Å². The number of rotatable bonds is 7. The van der Waals surface area contributed by atoms with Gasteiger partial charge in [0.25, 0.3) is 5.91 Å². The highest BCUT2D eigenvalue weighted by molar-refractivity contribution is 7.89. The van der Waals surface area contributed by atoms with Crippen molar-refractivity contribution in [2.24, 2.45) is 0 Å². The van der Waals surface area contributed by atoms with Gasteiger partial charge in [0.2, 0.25) is 10.0 Å². The van der Waals surface area contributed by atoms with Gasteiger partial charge in [0.1, 0.15) is 5.75 Å². The van der Waals surface area contributed by atoms with E-state index in [9.17, 15) is 13.2 Å². The van der Waals surface area contributed by atoms with Gasteiger partial charge in [0.05, 0.1) is 4.90 Å². The molecule has 0 spiro atoms. The zero-order valence-corrected chi connectivity index (χ0v) is 18.7. The van der Waals surface area contributed by atoms with Crippen LogP contribution in [0.25, 0.3) is 0 Å². The first-order valence-corrected chi connectivity index (χ1v) is 11.9. The van der Waals surface area contributed by atoms with Gasteiger partial charge in [-0.3, -0.25) is 4.79 Å². The topological polar surface area (TPSA) is 75.7 Å². The van der Waals surface area contributed by atoms with Crippen LogP contribution in [0.3, 0.4) is 0 Å². The molecular weight excluding hydrogens is 400 g/mol. The van der Waals surface area contributed by atoms with Crippen molar-refractivity contribution >= 4 is 21.6 Å². The second kappa shape index (κ2) is 9.62. The van der Waals surface area contributed by atoms with Crippen LogP contribution in [0.1, 0.15) is 43.7 Å². The minimum absolute atomic E-state index is 0.251. The molecule has 6 nitrogen and oxygen atoms in total. The van der Waals surface area contributed by atoms with Gasteiger partial charge in [-0.1, -0.05) is 25.5 Å². The molecule has 1 N–H and O–H groups in total. The van der Waals surface area contributed by atoms with Crippen LogP contribution in [0.15, 0.2) is 47.4 Å². The van der Waals surface area contributed by atoms with Gasteiger partial charge in [0, 0.05) is 18.8 Å². The van der Waals surface area contributed by atoms with Gasteiger partial charge in [-0.2, -0.15) is 4.31 Å². The zero-order chi connectivity index (χ0) is 21.7. The third-order valence-electron chi connectivity index (χ3n) is 5.35. The summed E-state index contributed by atoms with van der Waals surface area (Å²) in [6, 6.07) is 12.2. The highest BCUT2D eigenvalue weighted by atomic mass is 32.2. The quantitative estimate of drug-likeness (QED) is 0.712. The molecule has 30 heavy (non-hydrogen) atoms. The Morgan fingerprint density at radius 3 is 2.37 bits per heavy atom. The van der Waals surface area contributed by atoms with E-state index in [1.807, 2.05) is 39.0 Å². The Morgan fingerprint density at radius 1 is 1.07 bits per heavy atom. The lowest BCUT2D eigenvalue weighted by molar-refractivity contribution is -0.122. The number of sulfonamides is 1. The monoisotopic (exact) mass is 430 g/mol. The molecule has 1 amide bonds. The van der Waals surface area contributed by atoms with Crippen LogP contribution < -0.4 is 10.1 Å². The van der Waals surface area contributed by atoms with Crippen molar-refractivity contribution in [3.63, 3.8) is 0 Å². The number of anilines is 1. The summed E-state index contributed by atoms with van der Waals surface area (Å²) in [5, 5.41) is 2.83. The number of ether oxygens (including phenoxy) is 1. The van der Waals surface area contributed by atoms with Crippen LogP contribution in [0, 0.1) is 13.8 Å². The van der Waals surface area contributed by atoms with E-state index in [0.717, 1.165) is 30.4 Å². The number of carbonyl (C=O) groups is 1. The fourth-order valence-electron chi connectivity index (χ4n) is 3.50. The summed E-state index contributed by atoms with van der Waals surface area (Å²) >= 11 is 0. The van der Waals surface area contributed by atoms with Crippen molar-refractivity contribution in [2.45, 2.75) is 57.5 Å². The summed E-state index contributed by atoms with van der Waals surface area (Å²) in [5.41, 5.74) is 2.58. The van der Waals surface area contributed by atoms with Gasteiger partial charge in [-0.25, -0.2) is 8.42 Å². The van der Waals surface area contributed by atoms with Crippen LogP contribution in [0.2, 0.25) is 0 Å². The summed E-state index contributed by atoms with van der Waals surface area (Å²) in [6.07, 6.45) is 2.74. The number of nitrogens with zero attached hydrogens (tertiary/aromatic N) is 1. The molecule has 1 saturated heterocycles. The van der Waals surface area contributed by atoms with E-state index in [0.29, 0.717) is 30.9 Å². The fourth-order valence-corrected chi connectivity index (χ4v) is 5.01. The predicted octanol–water partition coefficient (Wildman–Crippen LogP) is 4.27. The molecule has 0 bridgehead atoms. The minimum Gasteiger partial charge on any atom is -0.480 e. The van der Waals surface area contributed by atoms with E-state index in [4.69, 9.17) is 4.74 Å². The maximum Gasteiger partial charge on any atom is 0.265 e. The number of nitrogens with one attached hydrogen (secondary N) is 1. The van der Waals surface area contributed by atoms with Crippen molar-refractivity contribution in [2.75, 3.05) is 18.4 Å². The van der Waals surface area contributed by atoms with E-state index in [2.05, 4.69) is 5.32 Å². The van der Waals surface area contributed by atoms with Crippen LogP contribution in [0.5, 0.6) is 5.75 Å². The molecule has 0 aliphatic carbocycles. The Kier molecular flexibility index (Phi) is 7.15. The lowest BCUT2D eigenvalue weighted by Gasteiger charge is -2.26. The Labute approximate surface area is 179 Å². The standard InChI is InChI=1S/C23H30N2O4S/c1-4-21(29-22-16-17(2)8-9-18(22)3)23(26)24-19-10-12-20(13-11-19)30(27,28)25-14-6-5-7-15-25/h8-13,16,21H,4-7,14-15H2,1-3H3,(H,24,26)/t21-/m0/s1. The highest BCUT2D eigenvalue weighted by Crippen LogP contribution is 2.24. The number of carbonyl (C=O) groups excluding carboxylic acids is 1. The third-order valence-corrected chi connectivity index (χ3v) is 7.26. The first-order valence-electron chi connectivity index (χ1n) is 10.5. The molecule has 162 valence electrons. The second-order valence-electron chi connectivity index (χ2n) is 7.76. The molecular formula is C23H30N2O4S. The van der Waals surface area contributed by atoms with Crippen molar-refractivity contribution in [1.82, 2.24) is 4.31 Å². The molecule has 0 radical (unpaired) electrons. The smallest absolute Gasteiger partial charge is 0.265 e. The number of aryl methyl sites for hydroxylation is 2. The molecule has 1 atom stereocenters. The molecule has 1 aliphatic rings. The molecule has 3 rings (SSSR count). The van der Waals surface area contributed by atoms with Crippen LogP contribution in [-0.2, 0) is 14.8 Å². The highest BCUT2D eigenvalue weighted by Gasteiger charge is 2.26. The lowest BCUT2D eigenvalue weighted by Crippen LogP contribution is -2.35. The number of benzene rings is 2. The van der Waals surface area contributed by atoms with Gasteiger partial charge in [-0.15, -0.1) is 0 Å². The maximum atomic E-state index is 12.8. The third kappa shape index (κ3) is 5.21. The maximum absolute atomic E-state index is 12.8. The average Bonchev–Trinajstić information content (AvgIpc) is 2.75. The van der Waals surface area contributed by atoms with Crippen molar-refractivity contribution in [3.05, 3.63) is 53.6 Å². The number of piperidine rings is 1. The molecule has 1 fully saturated rings. The largest absolute Gasteiger partial charge is 0.480 e. The van der Waals surface area contributed by atoms with E-state index >= 15 is 0 Å². The summed E-state index contributed by atoms with van der Waals surface area (Å²) in [6.45, 7) is 6.95. The number of hydrogen-bond donors (Lipinski definition) is 1. The molecule has 0 aromatic heterocycles. The van der Waals surface area contributed by atoms with Crippen LogP contribution >= 0.6 is 0 Å². The van der Waals surface area contributed by atoms with Gasteiger partial charge >= 0.3 is 0 Å². The van der Waals surface area contributed by atoms with Gasteiger partial charge in [-0.05, 0) is 74.6 Å². The van der Waals surface area contributed by atoms with Crippen LogP contribution in [-0.4, -0.2) is 37.8 Å². The SMILES string of the molecule is CC[C@H](Oc1cc(C)ccc1C)C(=O)Nc1ccc(S(=O)(=O)N2CCCCC2)cc1. The van der Waals surface area contributed by atoms with Crippen molar-refractivity contribution in [1.29, 1.82) is 0 Å². The zero-order valence-electron chi connectivity index (χ0n) is 17.8. The Hall–Kier alpha value is -2.38. The molecule has 7 heteroatoms. The Balaban J connectivity index is 1.67. The molecule has 0 unspecified atom stereocenters. The van der Waals surface area contributed by atoms with Crippen molar-refractivity contribution in [3.8, 4) is 5.75 Å². The predicted molar refractivity (Wildman–Crippen MR) is 118 cm³/mol. The minimum atomic E-state index is -3.48. The molecule has 2 aromatic rings. The second-order valence-corrected chi connectivity index (χ2v) is 9.70.